The molecule has 1 N–H and O–H groups in total. The van der Waals surface area contributed by atoms with E-state index in [0.717, 1.165) is 24.0 Å². The number of imidazole rings is 1. The third-order valence-electron chi connectivity index (χ3n) is 5.90. The molecule has 3 aromatic heterocycles. The van der Waals surface area contributed by atoms with Crippen LogP contribution in [0.3, 0.4) is 0 Å². The lowest BCUT2D eigenvalue weighted by atomic mass is 9.61. The number of ether oxygens (including phenoxy) is 2. The molecule has 2 fully saturated rings. The molecule has 1 aliphatic heterocycles. The van der Waals surface area contributed by atoms with Crippen molar-refractivity contribution in [2.75, 3.05) is 18.4 Å². The van der Waals surface area contributed by atoms with Gasteiger partial charge in [0.2, 0.25) is 0 Å². The molecule has 33 heavy (non-hydrogen) atoms. The molecule has 2 aliphatic rings. The van der Waals surface area contributed by atoms with Crippen LogP contribution in [0, 0.1) is 5.41 Å². The zero-order valence-electron chi connectivity index (χ0n) is 17.4. The first-order chi connectivity index (χ1) is 15.6. The van der Waals surface area contributed by atoms with Gasteiger partial charge in [-0.25, -0.2) is 14.3 Å². The monoisotopic (exact) mass is 464 g/mol. The van der Waals surface area contributed by atoms with E-state index in [1.807, 2.05) is 17.8 Å². The van der Waals surface area contributed by atoms with E-state index in [0.29, 0.717) is 31.5 Å². The highest BCUT2D eigenvalue weighted by atomic mass is 19.4. The number of carbonyl (C=O) groups excluding carboxylic acids is 2. The molecule has 0 aromatic carbocycles. The van der Waals surface area contributed by atoms with Gasteiger partial charge in [0.25, 0.3) is 5.91 Å². The quantitative estimate of drug-likeness (QED) is 0.637. The average molecular weight is 464 g/mol. The van der Waals surface area contributed by atoms with Crippen LogP contribution in [-0.2, 0) is 11.8 Å². The van der Waals surface area contributed by atoms with Crippen molar-refractivity contribution < 1.29 is 32.2 Å². The molecule has 3 aromatic rings. The number of carbonyl (C=O) groups is 2. The number of likely N-dealkylation sites (tertiary alicyclic amines) is 1. The number of nitrogens with zero attached hydrogens (tertiary/aromatic N) is 5. The van der Waals surface area contributed by atoms with Crippen LogP contribution >= 0.6 is 0 Å². The van der Waals surface area contributed by atoms with Gasteiger partial charge in [-0.1, -0.05) is 0 Å². The summed E-state index contributed by atoms with van der Waals surface area (Å²) in [5.41, 5.74) is 1.18. The highest BCUT2D eigenvalue weighted by Gasteiger charge is 2.55. The maximum Gasteiger partial charge on any atom is 0.573 e. The Morgan fingerprint density at radius 1 is 1.24 bits per heavy atom. The summed E-state index contributed by atoms with van der Waals surface area (Å²) >= 11 is 0. The summed E-state index contributed by atoms with van der Waals surface area (Å²) in [7, 11) is 1.85. The molecule has 13 heteroatoms. The lowest BCUT2D eigenvalue weighted by Crippen LogP contribution is -2.65. The molecule has 174 valence electrons. The van der Waals surface area contributed by atoms with Crippen LogP contribution in [0.4, 0.5) is 23.8 Å². The topological polar surface area (TPSA) is 103 Å². The van der Waals surface area contributed by atoms with Crippen molar-refractivity contribution in [3.63, 3.8) is 0 Å². The van der Waals surface area contributed by atoms with Gasteiger partial charge in [0.15, 0.2) is 0 Å². The SMILES string of the molecule is Cn1ccn2ncc(C(=O)N3CC4(CC(OC(=O)Nc5cc(OC(F)(F)F)ccn5)C4)C3)c12. The summed E-state index contributed by atoms with van der Waals surface area (Å²) in [6, 6.07) is 1.98. The number of aryl methyl sites for hydroxylation is 1. The highest BCUT2D eigenvalue weighted by molar-refractivity contribution is 6.00. The molecule has 1 spiro atoms. The first kappa shape index (κ1) is 21.1. The number of hydrogen-bond acceptors (Lipinski definition) is 6. The van der Waals surface area contributed by atoms with Crippen molar-refractivity contribution in [2.45, 2.75) is 25.3 Å². The maximum atomic E-state index is 12.8. The predicted molar refractivity (Wildman–Crippen MR) is 107 cm³/mol. The van der Waals surface area contributed by atoms with Crippen molar-refractivity contribution in [1.29, 1.82) is 0 Å². The van der Waals surface area contributed by atoms with E-state index in [4.69, 9.17) is 4.74 Å². The van der Waals surface area contributed by atoms with Crippen molar-refractivity contribution in [3.8, 4) is 5.75 Å². The molecular weight excluding hydrogens is 445 g/mol. The average Bonchev–Trinajstić information content (AvgIpc) is 3.24. The fourth-order valence-corrected chi connectivity index (χ4v) is 4.49. The van der Waals surface area contributed by atoms with Crippen LogP contribution in [0.25, 0.3) is 5.65 Å². The number of hydrogen-bond donors (Lipinski definition) is 1. The Hall–Kier alpha value is -3.77. The molecule has 1 saturated heterocycles. The number of pyridine rings is 1. The van der Waals surface area contributed by atoms with Crippen molar-refractivity contribution in [3.05, 3.63) is 42.5 Å². The van der Waals surface area contributed by atoms with Crippen molar-refractivity contribution in [2.24, 2.45) is 12.5 Å². The van der Waals surface area contributed by atoms with Gasteiger partial charge in [0, 0.05) is 50.2 Å². The Morgan fingerprint density at radius 3 is 2.73 bits per heavy atom. The summed E-state index contributed by atoms with van der Waals surface area (Å²) in [6.07, 6.45) is 1.44. The largest absolute Gasteiger partial charge is 0.573 e. The van der Waals surface area contributed by atoms with Crippen LogP contribution < -0.4 is 10.1 Å². The van der Waals surface area contributed by atoms with Gasteiger partial charge in [-0.05, 0) is 18.9 Å². The van der Waals surface area contributed by atoms with Gasteiger partial charge in [0.1, 0.15) is 28.9 Å². The molecule has 4 heterocycles. The Labute approximate surface area is 184 Å². The minimum absolute atomic E-state index is 0.0835. The Morgan fingerprint density at radius 2 is 2.00 bits per heavy atom. The first-order valence-corrected chi connectivity index (χ1v) is 10.1. The van der Waals surface area contributed by atoms with E-state index < -0.39 is 18.2 Å². The fourth-order valence-electron chi connectivity index (χ4n) is 4.49. The normalized spacial score (nSPS) is 17.5. The second-order valence-electron chi connectivity index (χ2n) is 8.38. The van der Waals surface area contributed by atoms with Crippen molar-refractivity contribution in [1.82, 2.24) is 24.1 Å². The summed E-state index contributed by atoms with van der Waals surface area (Å²) < 4.78 is 49.6. The Bertz CT molecular complexity index is 1220. The molecule has 0 bridgehead atoms. The fraction of sp³-hybridized carbons (Fsp3) is 0.400. The van der Waals surface area contributed by atoms with Crippen LogP contribution in [0.2, 0.25) is 0 Å². The Balaban J connectivity index is 1.10. The van der Waals surface area contributed by atoms with Gasteiger partial charge in [-0.3, -0.25) is 10.1 Å². The van der Waals surface area contributed by atoms with E-state index in [2.05, 4.69) is 20.1 Å². The lowest BCUT2D eigenvalue weighted by Gasteiger charge is -2.58. The maximum absolute atomic E-state index is 12.8. The van der Waals surface area contributed by atoms with E-state index in [9.17, 15) is 22.8 Å². The molecule has 10 nitrogen and oxygen atoms in total. The van der Waals surface area contributed by atoms with Crippen LogP contribution in [0.15, 0.2) is 36.9 Å². The Kier molecular flexibility index (Phi) is 4.72. The number of amides is 2. The van der Waals surface area contributed by atoms with E-state index in [1.165, 1.54) is 0 Å². The smallest absolute Gasteiger partial charge is 0.446 e. The van der Waals surface area contributed by atoms with E-state index in [-0.39, 0.29) is 23.2 Å². The third-order valence-corrected chi connectivity index (χ3v) is 5.90. The second kappa shape index (κ2) is 7.39. The number of anilines is 1. The second-order valence-corrected chi connectivity index (χ2v) is 8.38. The first-order valence-electron chi connectivity index (χ1n) is 10.1. The molecule has 2 amide bonds. The summed E-state index contributed by atoms with van der Waals surface area (Å²) in [5, 5.41) is 6.49. The molecule has 0 atom stereocenters. The van der Waals surface area contributed by atoms with Crippen LogP contribution in [0.5, 0.6) is 5.75 Å². The summed E-state index contributed by atoms with van der Waals surface area (Å²) in [6.45, 7) is 1.13. The predicted octanol–water partition coefficient (Wildman–Crippen LogP) is 2.82. The van der Waals surface area contributed by atoms with Crippen LogP contribution in [0.1, 0.15) is 23.2 Å². The lowest BCUT2D eigenvalue weighted by molar-refractivity contribution is -0.274. The molecule has 0 radical (unpaired) electrons. The number of aromatic nitrogens is 4. The van der Waals surface area contributed by atoms with Gasteiger partial charge in [-0.15, -0.1) is 13.2 Å². The number of rotatable bonds is 4. The zero-order chi connectivity index (χ0) is 23.4. The number of nitrogens with one attached hydrogen (secondary N) is 1. The summed E-state index contributed by atoms with van der Waals surface area (Å²) in [4.78, 5) is 30.4. The van der Waals surface area contributed by atoms with Crippen molar-refractivity contribution >= 4 is 23.5 Å². The van der Waals surface area contributed by atoms with Crippen LogP contribution in [-0.4, -0.2) is 61.6 Å². The minimum Gasteiger partial charge on any atom is -0.446 e. The zero-order valence-corrected chi connectivity index (χ0v) is 17.4. The molecular formula is C20H19F3N6O4. The van der Waals surface area contributed by atoms with E-state index >= 15 is 0 Å². The number of fused-ring (bicyclic) bond motifs is 1. The number of halogens is 3. The highest BCUT2D eigenvalue weighted by Crippen LogP contribution is 2.50. The van der Waals surface area contributed by atoms with Gasteiger partial charge in [-0.2, -0.15) is 5.10 Å². The standard InChI is InChI=1S/C20H19F3N6O4/c1-27-4-5-29-16(27)14(9-25-29)17(30)28-10-19(11-28)7-13(8-19)32-18(31)26-15-6-12(2-3-24-15)33-20(21,22)23/h2-6,9,13H,7-8,10-11H2,1H3,(H,24,26,31). The number of alkyl halides is 3. The molecule has 1 aliphatic carbocycles. The molecule has 0 unspecified atom stereocenters. The minimum atomic E-state index is -4.84. The van der Waals surface area contributed by atoms with E-state index in [1.54, 1.807) is 21.8 Å². The third kappa shape index (κ3) is 4.05. The molecule has 5 rings (SSSR count). The van der Waals surface area contributed by atoms with Gasteiger partial charge >= 0.3 is 12.5 Å². The van der Waals surface area contributed by atoms with Gasteiger partial charge < -0.3 is 18.9 Å². The van der Waals surface area contributed by atoms with Gasteiger partial charge in [0.05, 0.1) is 6.20 Å². The summed E-state index contributed by atoms with van der Waals surface area (Å²) in [5.74, 6) is -0.711. The molecule has 1 saturated carbocycles.